The van der Waals surface area contributed by atoms with Crippen LogP contribution in [0.1, 0.15) is 76.6 Å². The summed E-state index contributed by atoms with van der Waals surface area (Å²) in [4.78, 5) is 34.1. The van der Waals surface area contributed by atoms with Crippen molar-refractivity contribution in [3.05, 3.63) is 58.6 Å². The Bertz CT molecular complexity index is 1280. The molecule has 1 fully saturated rings. The molecule has 8 nitrogen and oxygen atoms in total. The van der Waals surface area contributed by atoms with E-state index in [0.29, 0.717) is 12.3 Å². The second kappa shape index (κ2) is 10.6. The Morgan fingerprint density at radius 1 is 1.18 bits per heavy atom. The largest absolute Gasteiger partial charge is 0.391 e. The van der Waals surface area contributed by atoms with Gasteiger partial charge in [0.15, 0.2) is 0 Å². The van der Waals surface area contributed by atoms with E-state index in [1.165, 1.54) is 4.90 Å². The number of aromatic nitrogens is 2. The van der Waals surface area contributed by atoms with E-state index >= 15 is 0 Å². The van der Waals surface area contributed by atoms with Crippen molar-refractivity contribution in [3.63, 3.8) is 0 Å². The molecule has 2 amide bonds. The van der Waals surface area contributed by atoms with Gasteiger partial charge in [0.1, 0.15) is 17.7 Å². The van der Waals surface area contributed by atoms with Gasteiger partial charge < -0.3 is 19.8 Å². The van der Waals surface area contributed by atoms with Gasteiger partial charge in [0.25, 0.3) is 0 Å². The molecule has 9 heteroatoms. The summed E-state index contributed by atoms with van der Waals surface area (Å²) >= 11 is 1.60. The fourth-order valence-corrected chi connectivity index (χ4v) is 5.64. The van der Waals surface area contributed by atoms with Crippen molar-refractivity contribution >= 4 is 23.2 Å². The minimum absolute atomic E-state index is 0.104. The first kappa shape index (κ1) is 28.0. The van der Waals surface area contributed by atoms with E-state index in [0.717, 1.165) is 27.4 Å². The first-order valence-corrected chi connectivity index (χ1v) is 13.9. The Kier molecular flexibility index (Phi) is 7.81. The van der Waals surface area contributed by atoms with Crippen molar-refractivity contribution in [2.24, 2.45) is 5.41 Å². The second-order valence-corrected chi connectivity index (χ2v) is 13.1. The van der Waals surface area contributed by atoms with E-state index in [1.54, 1.807) is 11.3 Å². The number of thiazole rings is 1. The van der Waals surface area contributed by atoms with Crippen molar-refractivity contribution in [1.82, 2.24) is 20.4 Å². The number of hydrogen-bond acceptors (Lipinski definition) is 7. The van der Waals surface area contributed by atoms with E-state index in [-0.39, 0.29) is 30.2 Å². The van der Waals surface area contributed by atoms with Crippen LogP contribution in [0, 0.1) is 12.3 Å². The number of β-amino-alcohol motifs (C(OH)–C–C–N with tert-alkyl or cyclic N) is 1. The lowest BCUT2D eigenvalue weighted by molar-refractivity contribution is -0.142. The molecule has 38 heavy (non-hydrogen) atoms. The summed E-state index contributed by atoms with van der Waals surface area (Å²) in [6.45, 7) is 14.4. The van der Waals surface area contributed by atoms with E-state index in [9.17, 15) is 14.7 Å². The van der Waals surface area contributed by atoms with E-state index in [4.69, 9.17) is 4.52 Å². The third kappa shape index (κ3) is 5.99. The number of benzene rings is 1. The zero-order chi connectivity index (χ0) is 27.8. The fourth-order valence-electron chi connectivity index (χ4n) is 4.83. The first-order chi connectivity index (χ1) is 17.8. The number of aliphatic hydroxyl groups excluding tert-OH is 1. The molecule has 1 aliphatic rings. The molecule has 204 valence electrons. The number of nitrogens with zero attached hydrogens (tertiary/aromatic N) is 3. The minimum Gasteiger partial charge on any atom is -0.391 e. The Labute approximate surface area is 228 Å². The van der Waals surface area contributed by atoms with Gasteiger partial charge in [-0.3, -0.25) is 9.59 Å². The molecule has 3 heterocycles. The molecule has 1 aromatic carbocycles. The maximum absolute atomic E-state index is 13.9. The molecule has 1 aliphatic heterocycles. The maximum atomic E-state index is 13.9. The summed E-state index contributed by atoms with van der Waals surface area (Å²) in [6.07, 6.45) is -0.570. The first-order valence-electron chi connectivity index (χ1n) is 13.0. The van der Waals surface area contributed by atoms with Crippen LogP contribution in [0.4, 0.5) is 0 Å². The lowest BCUT2D eigenvalue weighted by Crippen LogP contribution is -2.49. The number of amides is 2. The van der Waals surface area contributed by atoms with E-state index in [2.05, 4.69) is 15.5 Å². The van der Waals surface area contributed by atoms with Gasteiger partial charge in [0, 0.05) is 31.0 Å². The highest BCUT2D eigenvalue weighted by molar-refractivity contribution is 7.13. The molecule has 2 N–H and O–H groups in total. The Morgan fingerprint density at radius 2 is 1.87 bits per heavy atom. The topological polar surface area (TPSA) is 109 Å². The fraction of sp³-hybridized carbons (Fsp3) is 0.517. The van der Waals surface area contributed by atoms with Crippen LogP contribution in [0.5, 0.6) is 0 Å². The Balaban J connectivity index is 1.48. The van der Waals surface area contributed by atoms with Crippen LogP contribution in [0.25, 0.3) is 10.4 Å². The summed E-state index contributed by atoms with van der Waals surface area (Å²) in [6, 6.07) is 9.09. The van der Waals surface area contributed by atoms with Gasteiger partial charge in [-0.1, -0.05) is 71.0 Å². The average Bonchev–Trinajstić information content (AvgIpc) is 3.57. The third-order valence-electron chi connectivity index (χ3n) is 6.99. The molecule has 0 radical (unpaired) electrons. The molecule has 3 aromatic rings. The van der Waals surface area contributed by atoms with Gasteiger partial charge in [0.2, 0.25) is 11.8 Å². The molecule has 3 atom stereocenters. The van der Waals surface area contributed by atoms with Crippen molar-refractivity contribution in [1.29, 1.82) is 0 Å². The van der Waals surface area contributed by atoms with Crippen LogP contribution in [0.15, 0.2) is 40.4 Å². The Hall–Kier alpha value is -3.04. The summed E-state index contributed by atoms with van der Waals surface area (Å²) in [5.41, 5.74) is 4.92. The van der Waals surface area contributed by atoms with Crippen molar-refractivity contribution in [2.75, 3.05) is 6.54 Å². The standard InChI is InChI=1S/C29H38N4O4S/c1-17-25(38-16-31-17)19-10-8-18(9-11-19)14-30-26(35)21-12-20(34)15-33(21)27(36)24(29(5,6)7)22-13-23(32-37-22)28(2,3)4/h8-11,13,16,20-21,24,34H,12,14-15H2,1-7H3,(H,30,35)/t20-,21+,24?/m1/s1. The number of carbonyl (C=O) groups is 2. The van der Waals surface area contributed by atoms with Gasteiger partial charge in [0.05, 0.1) is 27.9 Å². The normalized spacial score (nSPS) is 19.0. The number of aryl methyl sites for hydroxylation is 1. The molecule has 0 spiro atoms. The number of carbonyl (C=O) groups excluding carboxylic acids is 2. The highest BCUT2D eigenvalue weighted by atomic mass is 32.1. The van der Waals surface area contributed by atoms with Crippen LogP contribution in [-0.2, 0) is 21.5 Å². The summed E-state index contributed by atoms with van der Waals surface area (Å²) in [5, 5.41) is 17.6. The zero-order valence-electron chi connectivity index (χ0n) is 23.2. The van der Waals surface area contributed by atoms with Crippen LogP contribution in [0.3, 0.4) is 0 Å². The van der Waals surface area contributed by atoms with Crippen LogP contribution in [0.2, 0.25) is 0 Å². The smallest absolute Gasteiger partial charge is 0.243 e. The summed E-state index contributed by atoms with van der Waals surface area (Å²) < 4.78 is 5.67. The van der Waals surface area contributed by atoms with Gasteiger partial charge in [-0.2, -0.15) is 0 Å². The lowest BCUT2D eigenvalue weighted by Gasteiger charge is -2.33. The van der Waals surface area contributed by atoms with Gasteiger partial charge >= 0.3 is 0 Å². The van der Waals surface area contributed by atoms with E-state index in [1.807, 2.05) is 84.3 Å². The van der Waals surface area contributed by atoms with Crippen LogP contribution in [-0.4, -0.2) is 50.7 Å². The Morgan fingerprint density at radius 3 is 2.42 bits per heavy atom. The highest BCUT2D eigenvalue weighted by Crippen LogP contribution is 2.39. The van der Waals surface area contributed by atoms with E-state index < -0.39 is 23.5 Å². The van der Waals surface area contributed by atoms with Gasteiger partial charge in [-0.15, -0.1) is 11.3 Å². The molecule has 2 aromatic heterocycles. The number of rotatable bonds is 6. The molecule has 0 bridgehead atoms. The molecular formula is C29H38N4O4S. The van der Waals surface area contributed by atoms with Gasteiger partial charge in [-0.05, 0) is 23.5 Å². The minimum atomic E-state index is -0.767. The number of nitrogens with one attached hydrogen (secondary N) is 1. The molecule has 0 saturated carbocycles. The van der Waals surface area contributed by atoms with Crippen LogP contribution >= 0.6 is 11.3 Å². The lowest BCUT2D eigenvalue weighted by atomic mass is 9.77. The highest BCUT2D eigenvalue weighted by Gasteiger charge is 2.46. The molecule has 1 saturated heterocycles. The second-order valence-electron chi connectivity index (χ2n) is 12.2. The predicted octanol–water partition coefficient (Wildman–Crippen LogP) is 4.81. The maximum Gasteiger partial charge on any atom is 0.243 e. The average molecular weight is 539 g/mol. The monoisotopic (exact) mass is 538 g/mol. The van der Waals surface area contributed by atoms with Crippen LogP contribution < -0.4 is 5.32 Å². The molecule has 1 unspecified atom stereocenters. The quantitative estimate of drug-likeness (QED) is 0.466. The molecular weight excluding hydrogens is 500 g/mol. The number of aliphatic hydroxyl groups is 1. The third-order valence-corrected chi connectivity index (χ3v) is 7.97. The van der Waals surface area contributed by atoms with Crippen molar-refractivity contribution < 1.29 is 19.2 Å². The summed E-state index contributed by atoms with van der Waals surface area (Å²) in [5.74, 6) is -0.688. The van der Waals surface area contributed by atoms with Crippen molar-refractivity contribution in [3.8, 4) is 10.4 Å². The molecule has 0 aliphatic carbocycles. The number of likely N-dealkylation sites (tertiary alicyclic amines) is 1. The SMILES string of the molecule is Cc1ncsc1-c1ccc(CNC(=O)[C@@H]2C[C@@H](O)CN2C(=O)C(c2cc(C(C)(C)C)no2)C(C)(C)C)cc1. The predicted molar refractivity (Wildman–Crippen MR) is 148 cm³/mol. The van der Waals surface area contributed by atoms with Crippen molar-refractivity contribution in [2.45, 2.75) is 84.9 Å². The number of hydrogen-bond donors (Lipinski definition) is 2. The summed E-state index contributed by atoms with van der Waals surface area (Å²) in [7, 11) is 0. The zero-order valence-corrected chi connectivity index (χ0v) is 24.1. The van der Waals surface area contributed by atoms with Gasteiger partial charge in [-0.25, -0.2) is 4.98 Å². The molecule has 4 rings (SSSR count).